The van der Waals surface area contributed by atoms with Crippen LogP contribution in [0.15, 0.2) is 53.8 Å². The molecule has 0 saturated heterocycles. The number of halogens is 1. The molecule has 4 rings (SSSR count). The van der Waals surface area contributed by atoms with E-state index in [1.165, 1.54) is 56.1 Å². The molecule has 0 fully saturated rings. The number of carbonyl (C=O) groups is 3. The molecule has 1 aliphatic heterocycles. The number of ether oxygens (including phenoxy) is 1. The fourth-order valence-corrected chi connectivity index (χ4v) is 4.40. The number of esters is 1. The summed E-state index contributed by atoms with van der Waals surface area (Å²) in [6, 6.07) is 10.8. The van der Waals surface area contributed by atoms with Gasteiger partial charge in [0, 0.05) is 30.4 Å². The average Bonchev–Trinajstić information content (AvgIpc) is 3.43. The number of rotatable bonds is 6. The average molecular weight is 468 g/mol. The van der Waals surface area contributed by atoms with E-state index in [1.807, 2.05) is 6.26 Å². The first kappa shape index (κ1) is 22.7. The maximum Gasteiger partial charge on any atom is 0.357 e. The molecule has 9 heteroatoms. The second-order valence-corrected chi connectivity index (χ2v) is 8.39. The number of fused-ring (bicyclic) bond motifs is 1. The van der Waals surface area contributed by atoms with Gasteiger partial charge in [-0.05, 0) is 67.6 Å². The van der Waals surface area contributed by atoms with Gasteiger partial charge in [0.2, 0.25) is 11.7 Å². The van der Waals surface area contributed by atoms with Crippen molar-refractivity contribution in [2.45, 2.75) is 31.5 Å². The number of carbonyl (C=O) groups excluding carboxylic acids is 3. The number of ketones is 1. The van der Waals surface area contributed by atoms with E-state index in [-0.39, 0.29) is 17.4 Å². The Bertz CT molecular complexity index is 1240. The van der Waals surface area contributed by atoms with E-state index in [4.69, 9.17) is 4.74 Å². The second kappa shape index (κ2) is 9.19. The van der Waals surface area contributed by atoms with Gasteiger partial charge in [-0.1, -0.05) is 11.8 Å². The van der Waals surface area contributed by atoms with Gasteiger partial charge in [-0.2, -0.15) is 0 Å². The summed E-state index contributed by atoms with van der Waals surface area (Å²) < 4.78 is 20.4. The van der Waals surface area contributed by atoms with E-state index in [0.29, 0.717) is 29.4 Å². The third-order valence-electron chi connectivity index (χ3n) is 5.50. The number of nitrogens with zero attached hydrogens (tertiary/aromatic N) is 3. The number of aromatic nitrogens is 2. The molecule has 0 saturated carbocycles. The van der Waals surface area contributed by atoms with Crippen molar-refractivity contribution in [1.82, 2.24) is 9.55 Å². The van der Waals surface area contributed by atoms with Crippen LogP contribution in [0.5, 0.6) is 0 Å². The lowest BCUT2D eigenvalue weighted by Crippen LogP contribution is -2.26. The summed E-state index contributed by atoms with van der Waals surface area (Å²) in [6.07, 6.45) is 2.82. The number of imidazole rings is 1. The summed E-state index contributed by atoms with van der Waals surface area (Å²) in [5, 5.41) is 0.529. The van der Waals surface area contributed by atoms with Crippen LogP contribution in [0, 0.1) is 5.82 Å². The molecule has 33 heavy (non-hydrogen) atoms. The molecule has 1 amide bonds. The molecular weight excluding hydrogens is 445 g/mol. The van der Waals surface area contributed by atoms with Crippen molar-refractivity contribution in [3.8, 4) is 5.69 Å². The van der Waals surface area contributed by atoms with Crippen molar-refractivity contribution in [3.05, 3.63) is 71.3 Å². The first-order chi connectivity index (χ1) is 15.8. The Morgan fingerprint density at radius 1 is 1.15 bits per heavy atom. The number of hydrogen-bond donors (Lipinski definition) is 0. The minimum Gasteiger partial charge on any atom is -0.450 e. The molecule has 170 valence electrons. The van der Waals surface area contributed by atoms with Crippen LogP contribution in [0.25, 0.3) is 5.69 Å². The molecule has 0 unspecified atom stereocenters. The summed E-state index contributed by atoms with van der Waals surface area (Å²) >= 11 is 1.32. The first-order valence-corrected chi connectivity index (χ1v) is 11.6. The van der Waals surface area contributed by atoms with Crippen molar-refractivity contribution >= 4 is 35.1 Å². The highest BCUT2D eigenvalue weighted by atomic mass is 32.2. The van der Waals surface area contributed by atoms with Crippen molar-refractivity contribution in [3.63, 3.8) is 0 Å². The van der Waals surface area contributed by atoms with Crippen LogP contribution < -0.4 is 4.90 Å². The summed E-state index contributed by atoms with van der Waals surface area (Å²) in [5.74, 6) is -1.49. The number of anilines is 1. The van der Waals surface area contributed by atoms with Gasteiger partial charge >= 0.3 is 5.97 Å². The van der Waals surface area contributed by atoms with Crippen molar-refractivity contribution < 1.29 is 23.5 Å². The first-order valence-electron chi connectivity index (χ1n) is 10.3. The van der Waals surface area contributed by atoms with Crippen molar-refractivity contribution in [1.29, 1.82) is 0 Å². The molecule has 1 aromatic heterocycles. The van der Waals surface area contributed by atoms with Gasteiger partial charge in [0.25, 0.3) is 0 Å². The molecule has 1 atom stereocenters. The topological polar surface area (TPSA) is 81.5 Å². The highest BCUT2D eigenvalue weighted by Gasteiger charge is 2.27. The van der Waals surface area contributed by atoms with Crippen molar-refractivity contribution in [2.24, 2.45) is 0 Å². The maximum absolute atomic E-state index is 13.4. The van der Waals surface area contributed by atoms with E-state index in [9.17, 15) is 18.8 Å². The van der Waals surface area contributed by atoms with E-state index in [2.05, 4.69) is 4.98 Å². The zero-order valence-corrected chi connectivity index (χ0v) is 19.2. The Morgan fingerprint density at radius 3 is 2.55 bits per heavy atom. The molecule has 1 aliphatic rings. The second-order valence-electron chi connectivity index (χ2n) is 7.62. The Hall–Kier alpha value is -3.46. The van der Waals surface area contributed by atoms with Crippen molar-refractivity contribution in [2.75, 3.05) is 17.7 Å². The molecule has 0 radical (unpaired) electrons. The Morgan fingerprint density at radius 2 is 1.88 bits per heavy atom. The molecule has 2 heterocycles. The van der Waals surface area contributed by atoms with Gasteiger partial charge in [-0.3, -0.25) is 14.2 Å². The lowest BCUT2D eigenvalue weighted by molar-refractivity contribution is -0.116. The quantitative estimate of drug-likeness (QED) is 0.309. The molecular formula is C24H22FN3O4S. The smallest absolute Gasteiger partial charge is 0.357 e. The Balaban J connectivity index is 1.54. The van der Waals surface area contributed by atoms with Gasteiger partial charge in [0.1, 0.15) is 5.82 Å². The molecule has 0 N–H and O–H groups in total. The van der Waals surface area contributed by atoms with Crippen LogP contribution >= 0.6 is 11.8 Å². The van der Waals surface area contributed by atoms with Gasteiger partial charge in [0.05, 0.1) is 6.20 Å². The number of benzene rings is 2. The van der Waals surface area contributed by atoms with Crippen LogP contribution in [0.3, 0.4) is 0 Å². The maximum atomic E-state index is 13.4. The third kappa shape index (κ3) is 4.41. The van der Waals surface area contributed by atoms with Crippen LogP contribution in [0.1, 0.15) is 40.3 Å². The van der Waals surface area contributed by atoms with Gasteiger partial charge in [-0.15, -0.1) is 0 Å². The summed E-state index contributed by atoms with van der Waals surface area (Å²) in [7, 11) is 0. The molecule has 0 bridgehead atoms. The standard InChI is InChI=1S/C24H22FN3O4S/c1-14(22(30)17-4-9-20-16(12-17)10-11-27(20)15(2)29)32-23(31)21-13-26-24(33-3)28(21)19-7-5-18(25)6-8-19/h4-9,12-14H,10-11H2,1-3H3/t14-/m0/s1. The fourth-order valence-electron chi connectivity index (χ4n) is 3.85. The number of amides is 1. The molecule has 2 aromatic carbocycles. The SMILES string of the molecule is CSc1ncc(C(=O)O[C@@H](C)C(=O)c2ccc3c(c2)CCN3C(C)=O)n1-c1ccc(F)cc1. The van der Waals surface area contributed by atoms with Gasteiger partial charge < -0.3 is 9.64 Å². The van der Waals surface area contributed by atoms with E-state index in [0.717, 1.165) is 11.3 Å². The largest absolute Gasteiger partial charge is 0.450 e. The normalized spacial score (nSPS) is 13.5. The zero-order chi connectivity index (χ0) is 23.7. The van der Waals surface area contributed by atoms with E-state index < -0.39 is 17.9 Å². The molecule has 3 aromatic rings. The predicted octanol–water partition coefficient (Wildman–Crippen LogP) is 4.07. The summed E-state index contributed by atoms with van der Waals surface area (Å²) in [4.78, 5) is 43.5. The number of Topliss-reactive ketones (excluding diaryl/α,β-unsaturated/α-hetero) is 1. The van der Waals surface area contributed by atoms with Crippen LogP contribution in [-0.4, -0.2) is 46.1 Å². The predicted molar refractivity (Wildman–Crippen MR) is 123 cm³/mol. The summed E-state index contributed by atoms with van der Waals surface area (Å²) in [6.45, 7) is 3.61. The highest BCUT2D eigenvalue weighted by Crippen LogP contribution is 2.29. The minimum absolute atomic E-state index is 0.0440. The number of thioether (sulfide) groups is 1. The number of hydrogen-bond acceptors (Lipinski definition) is 6. The van der Waals surface area contributed by atoms with E-state index in [1.54, 1.807) is 27.7 Å². The molecule has 7 nitrogen and oxygen atoms in total. The van der Waals surface area contributed by atoms with Gasteiger partial charge in [0.15, 0.2) is 17.0 Å². The Labute approximate surface area is 194 Å². The minimum atomic E-state index is -1.03. The summed E-state index contributed by atoms with van der Waals surface area (Å²) in [5.41, 5.74) is 2.82. The zero-order valence-electron chi connectivity index (χ0n) is 18.4. The third-order valence-corrected chi connectivity index (χ3v) is 6.15. The van der Waals surface area contributed by atoms with Crippen LogP contribution in [0.2, 0.25) is 0 Å². The molecule has 0 aliphatic carbocycles. The van der Waals surface area contributed by atoms with E-state index >= 15 is 0 Å². The van der Waals surface area contributed by atoms with Crippen LogP contribution in [-0.2, 0) is 16.0 Å². The highest BCUT2D eigenvalue weighted by molar-refractivity contribution is 7.98. The monoisotopic (exact) mass is 467 g/mol. The fraction of sp³-hybridized carbons (Fsp3) is 0.250. The Kier molecular flexibility index (Phi) is 6.33. The molecule has 0 spiro atoms. The lowest BCUT2D eigenvalue weighted by Gasteiger charge is -2.16. The van der Waals surface area contributed by atoms with Gasteiger partial charge in [-0.25, -0.2) is 14.2 Å². The van der Waals surface area contributed by atoms with Crippen LogP contribution in [0.4, 0.5) is 10.1 Å². The lowest BCUT2D eigenvalue weighted by atomic mass is 10.0.